The average Bonchev–Trinajstić information content (AvgIpc) is 3.07. The van der Waals surface area contributed by atoms with Crippen LogP contribution in [0.5, 0.6) is 5.75 Å². The summed E-state index contributed by atoms with van der Waals surface area (Å²) in [6.45, 7) is 5.94. The van der Waals surface area contributed by atoms with Gasteiger partial charge >= 0.3 is 0 Å². The first kappa shape index (κ1) is 20.3. The fourth-order valence-corrected chi connectivity index (χ4v) is 3.92. The Balaban J connectivity index is 1.88. The molecule has 0 radical (unpaired) electrons. The minimum absolute atomic E-state index is 0.110. The SMILES string of the molecule is CCOCCCNC(=O)c1[nH]c2cc(OC)ccc2c1Sc1ccc(C)cc1. The van der Waals surface area contributed by atoms with Crippen LogP contribution in [0.25, 0.3) is 10.9 Å². The van der Waals surface area contributed by atoms with Crippen LogP contribution in [0.2, 0.25) is 0 Å². The van der Waals surface area contributed by atoms with Crippen LogP contribution in [0.3, 0.4) is 0 Å². The molecule has 6 heteroatoms. The number of aromatic amines is 1. The van der Waals surface area contributed by atoms with Crippen LogP contribution in [-0.2, 0) is 4.74 Å². The smallest absolute Gasteiger partial charge is 0.268 e. The minimum atomic E-state index is -0.110. The number of amides is 1. The molecule has 0 saturated heterocycles. The molecule has 3 aromatic rings. The number of methoxy groups -OCH3 is 1. The molecule has 0 saturated carbocycles. The van der Waals surface area contributed by atoms with Gasteiger partial charge in [-0.1, -0.05) is 29.5 Å². The number of aryl methyl sites for hydroxylation is 1. The van der Waals surface area contributed by atoms with E-state index in [1.165, 1.54) is 5.56 Å². The summed E-state index contributed by atoms with van der Waals surface area (Å²) < 4.78 is 10.7. The molecule has 0 aliphatic carbocycles. The standard InChI is InChI=1S/C22H26N2O3S/c1-4-27-13-5-12-23-22(25)20-21(28-17-9-6-15(2)7-10-17)18-11-8-16(26-3)14-19(18)24-20/h6-11,14,24H,4-5,12-13H2,1-3H3,(H,23,25). The molecule has 0 aliphatic heterocycles. The second-order valence-corrected chi connectivity index (χ2v) is 7.55. The van der Waals surface area contributed by atoms with E-state index in [1.54, 1.807) is 18.9 Å². The Kier molecular flexibility index (Phi) is 7.01. The van der Waals surface area contributed by atoms with Crippen molar-refractivity contribution >= 4 is 28.6 Å². The van der Waals surface area contributed by atoms with E-state index >= 15 is 0 Å². The van der Waals surface area contributed by atoms with Gasteiger partial charge in [-0.2, -0.15) is 0 Å². The van der Waals surface area contributed by atoms with Crippen LogP contribution in [0.1, 0.15) is 29.4 Å². The van der Waals surface area contributed by atoms with E-state index in [2.05, 4.69) is 41.5 Å². The van der Waals surface area contributed by atoms with Crippen molar-refractivity contribution in [3.8, 4) is 5.75 Å². The third-order valence-electron chi connectivity index (χ3n) is 4.38. The fraction of sp³-hybridized carbons (Fsp3) is 0.318. The van der Waals surface area contributed by atoms with E-state index in [0.717, 1.165) is 32.9 Å². The van der Waals surface area contributed by atoms with E-state index in [-0.39, 0.29) is 5.91 Å². The Morgan fingerprint density at radius 1 is 1.18 bits per heavy atom. The number of benzene rings is 2. The zero-order valence-corrected chi connectivity index (χ0v) is 17.3. The lowest BCUT2D eigenvalue weighted by atomic mass is 10.2. The number of carbonyl (C=O) groups excluding carboxylic acids is 1. The Labute approximate surface area is 169 Å². The highest BCUT2D eigenvalue weighted by molar-refractivity contribution is 7.99. The summed E-state index contributed by atoms with van der Waals surface area (Å²) in [5.41, 5.74) is 2.67. The lowest BCUT2D eigenvalue weighted by Crippen LogP contribution is -2.26. The summed E-state index contributed by atoms with van der Waals surface area (Å²) in [5, 5.41) is 3.99. The van der Waals surface area contributed by atoms with Crippen LogP contribution in [-0.4, -0.2) is 37.8 Å². The minimum Gasteiger partial charge on any atom is -0.497 e. The number of hydrogen-bond donors (Lipinski definition) is 2. The van der Waals surface area contributed by atoms with Gasteiger partial charge in [-0.25, -0.2) is 0 Å². The Bertz CT molecular complexity index is 935. The quantitative estimate of drug-likeness (QED) is 0.509. The fourth-order valence-electron chi connectivity index (χ4n) is 2.88. The summed E-state index contributed by atoms with van der Waals surface area (Å²) in [6.07, 6.45) is 0.786. The maximum atomic E-state index is 12.8. The maximum absolute atomic E-state index is 12.8. The van der Waals surface area contributed by atoms with Gasteiger partial charge in [0.15, 0.2) is 0 Å². The van der Waals surface area contributed by atoms with Crippen molar-refractivity contribution < 1.29 is 14.3 Å². The second kappa shape index (κ2) is 9.66. The Morgan fingerprint density at radius 2 is 1.96 bits per heavy atom. The van der Waals surface area contributed by atoms with E-state index in [9.17, 15) is 4.79 Å². The van der Waals surface area contributed by atoms with Crippen LogP contribution in [0.4, 0.5) is 0 Å². The Hall–Kier alpha value is -2.44. The molecule has 0 aliphatic rings. The largest absolute Gasteiger partial charge is 0.497 e. The highest BCUT2D eigenvalue weighted by atomic mass is 32.2. The molecule has 0 unspecified atom stereocenters. The predicted molar refractivity (Wildman–Crippen MR) is 114 cm³/mol. The van der Waals surface area contributed by atoms with Crippen molar-refractivity contribution in [2.75, 3.05) is 26.9 Å². The molecule has 2 aromatic carbocycles. The third kappa shape index (κ3) is 4.88. The zero-order valence-electron chi connectivity index (χ0n) is 16.5. The Morgan fingerprint density at radius 3 is 2.68 bits per heavy atom. The van der Waals surface area contributed by atoms with Crippen molar-refractivity contribution in [2.24, 2.45) is 0 Å². The van der Waals surface area contributed by atoms with Crippen molar-refractivity contribution in [3.63, 3.8) is 0 Å². The maximum Gasteiger partial charge on any atom is 0.268 e. The van der Waals surface area contributed by atoms with Crippen molar-refractivity contribution in [3.05, 3.63) is 53.7 Å². The van der Waals surface area contributed by atoms with Crippen LogP contribution in [0.15, 0.2) is 52.3 Å². The molecule has 0 fully saturated rings. The number of hydrogen-bond acceptors (Lipinski definition) is 4. The number of fused-ring (bicyclic) bond motifs is 1. The topological polar surface area (TPSA) is 63.3 Å². The first-order valence-corrected chi connectivity index (χ1v) is 10.2. The van der Waals surface area contributed by atoms with Crippen molar-refractivity contribution in [1.29, 1.82) is 0 Å². The van der Waals surface area contributed by atoms with Gasteiger partial charge in [-0.15, -0.1) is 0 Å². The average molecular weight is 399 g/mol. The van der Waals surface area contributed by atoms with Gasteiger partial charge in [0, 0.05) is 36.1 Å². The van der Waals surface area contributed by atoms with Gasteiger partial charge in [0.1, 0.15) is 11.4 Å². The summed E-state index contributed by atoms with van der Waals surface area (Å²) >= 11 is 1.59. The van der Waals surface area contributed by atoms with Crippen molar-refractivity contribution in [2.45, 2.75) is 30.1 Å². The predicted octanol–water partition coefficient (Wildman–Crippen LogP) is 4.79. The van der Waals surface area contributed by atoms with E-state index < -0.39 is 0 Å². The van der Waals surface area contributed by atoms with Gasteiger partial charge in [-0.05, 0) is 44.5 Å². The molecule has 0 bridgehead atoms. The van der Waals surface area contributed by atoms with Gasteiger partial charge in [0.2, 0.25) is 0 Å². The molecule has 1 heterocycles. The van der Waals surface area contributed by atoms with Gasteiger partial charge in [-0.3, -0.25) is 4.79 Å². The number of ether oxygens (including phenoxy) is 2. The lowest BCUT2D eigenvalue weighted by Gasteiger charge is -2.07. The molecule has 1 aromatic heterocycles. The second-order valence-electron chi connectivity index (χ2n) is 6.46. The highest BCUT2D eigenvalue weighted by Gasteiger charge is 2.19. The van der Waals surface area contributed by atoms with E-state index in [4.69, 9.17) is 9.47 Å². The lowest BCUT2D eigenvalue weighted by molar-refractivity contribution is 0.0937. The van der Waals surface area contributed by atoms with Crippen LogP contribution < -0.4 is 10.1 Å². The summed E-state index contributed by atoms with van der Waals surface area (Å²) in [6, 6.07) is 14.1. The third-order valence-corrected chi connectivity index (χ3v) is 5.52. The summed E-state index contributed by atoms with van der Waals surface area (Å²) in [5.74, 6) is 0.644. The number of aromatic nitrogens is 1. The molecular weight excluding hydrogens is 372 g/mol. The monoisotopic (exact) mass is 398 g/mol. The van der Waals surface area contributed by atoms with E-state index in [1.807, 2.05) is 25.1 Å². The summed E-state index contributed by atoms with van der Waals surface area (Å²) in [4.78, 5) is 18.1. The molecular formula is C22H26N2O3S. The highest BCUT2D eigenvalue weighted by Crippen LogP contribution is 2.38. The molecule has 3 rings (SSSR count). The number of nitrogens with one attached hydrogen (secondary N) is 2. The van der Waals surface area contributed by atoms with Crippen molar-refractivity contribution in [1.82, 2.24) is 10.3 Å². The number of rotatable bonds is 9. The molecule has 148 valence electrons. The molecule has 2 N–H and O–H groups in total. The molecule has 0 spiro atoms. The molecule has 28 heavy (non-hydrogen) atoms. The van der Waals surface area contributed by atoms with Crippen LogP contribution in [0, 0.1) is 6.92 Å². The first-order valence-electron chi connectivity index (χ1n) is 9.42. The first-order chi connectivity index (χ1) is 13.6. The van der Waals surface area contributed by atoms with Gasteiger partial charge < -0.3 is 19.8 Å². The van der Waals surface area contributed by atoms with Gasteiger partial charge in [0.05, 0.1) is 17.5 Å². The molecule has 1 amide bonds. The normalized spacial score (nSPS) is 11.0. The molecule has 5 nitrogen and oxygen atoms in total. The zero-order chi connectivity index (χ0) is 19.9. The van der Waals surface area contributed by atoms with Gasteiger partial charge in [0.25, 0.3) is 5.91 Å². The number of carbonyl (C=O) groups is 1. The van der Waals surface area contributed by atoms with Crippen LogP contribution >= 0.6 is 11.8 Å². The van der Waals surface area contributed by atoms with E-state index in [0.29, 0.717) is 25.5 Å². The molecule has 0 atom stereocenters. The number of H-pyrrole nitrogens is 1. The summed E-state index contributed by atoms with van der Waals surface area (Å²) in [7, 11) is 1.64.